The zero-order valence-electron chi connectivity index (χ0n) is 19.0. The number of hydrogen-bond acceptors (Lipinski definition) is 6. The van der Waals surface area contributed by atoms with Crippen LogP contribution in [0, 0.1) is 11.3 Å². The first kappa shape index (κ1) is 26.5. The van der Waals surface area contributed by atoms with Crippen LogP contribution in [0.5, 0.6) is 0 Å². The lowest BCUT2D eigenvalue weighted by Crippen LogP contribution is -2.44. The number of aromatic nitrogens is 1. The fraction of sp³-hybridized carbons (Fsp3) is 0.348. The molecule has 0 unspecified atom stereocenters. The van der Waals surface area contributed by atoms with E-state index in [1.807, 2.05) is 11.0 Å². The molecule has 1 aromatic heterocycles. The van der Waals surface area contributed by atoms with Gasteiger partial charge in [0.05, 0.1) is 30.4 Å². The number of ether oxygens (including phenoxy) is 1. The molecule has 2 rings (SSSR count). The molecule has 0 aliphatic carbocycles. The van der Waals surface area contributed by atoms with E-state index in [2.05, 4.69) is 33.8 Å². The third-order valence-electron chi connectivity index (χ3n) is 4.65. The number of nitrogens with one attached hydrogen (secondary N) is 2. The van der Waals surface area contributed by atoms with Gasteiger partial charge < -0.3 is 26.0 Å². The summed E-state index contributed by atoms with van der Waals surface area (Å²) in [7, 11) is 0. The summed E-state index contributed by atoms with van der Waals surface area (Å²) in [5.74, 6) is 0.747. The maximum atomic E-state index is 12.7. The van der Waals surface area contributed by atoms with Gasteiger partial charge in [0.15, 0.2) is 5.96 Å². The lowest BCUT2D eigenvalue weighted by molar-refractivity contribution is -0.0879. The second-order valence-electron chi connectivity index (χ2n) is 7.42. The molecule has 1 aliphatic rings. The summed E-state index contributed by atoms with van der Waals surface area (Å²) in [5, 5.41) is 15.0. The molecular weight excluding hydrogens is 447 g/mol. The number of nitrogens with two attached hydrogens (primary N) is 1. The van der Waals surface area contributed by atoms with Gasteiger partial charge in [0.1, 0.15) is 5.82 Å². The molecule has 0 radical (unpaired) electrons. The zero-order valence-corrected chi connectivity index (χ0v) is 19.0. The van der Waals surface area contributed by atoms with Crippen LogP contribution >= 0.6 is 0 Å². The summed E-state index contributed by atoms with van der Waals surface area (Å²) >= 11 is 0. The van der Waals surface area contributed by atoms with E-state index in [1.54, 1.807) is 18.2 Å². The Kier molecular flexibility index (Phi) is 9.70. The lowest BCUT2D eigenvalue weighted by Gasteiger charge is -2.27. The average Bonchev–Trinajstić information content (AvgIpc) is 2.78. The van der Waals surface area contributed by atoms with E-state index in [0.717, 1.165) is 6.08 Å². The maximum Gasteiger partial charge on any atom is 0.415 e. The number of nitrogens with zero attached hydrogens (tertiary/aromatic N) is 4. The van der Waals surface area contributed by atoms with Crippen molar-refractivity contribution in [3.8, 4) is 6.07 Å². The van der Waals surface area contributed by atoms with Crippen molar-refractivity contribution in [1.82, 2.24) is 15.2 Å². The van der Waals surface area contributed by atoms with Crippen LogP contribution in [-0.2, 0) is 4.74 Å². The van der Waals surface area contributed by atoms with Crippen molar-refractivity contribution in [3.05, 3.63) is 71.9 Å². The number of alkyl halides is 3. The molecule has 11 heteroatoms. The topological polar surface area (TPSA) is 112 Å². The molecule has 34 heavy (non-hydrogen) atoms. The standard InChI is InChI=1S/C23H28F3N7O/c1-16(23(24,25)26)12-17(2)29-7-5-20(32-22(28)33-8-10-34-11-9-33)13-18(3)31-21-14-19(15-27)4-6-30-21/h4,6,12-14,29H,1,3,5,7-11H2,2H3,(H2,28,32)(H,30,31)/b17-12-,20-13-. The molecule has 0 amide bonds. The monoisotopic (exact) mass is 475 g/mol. The molecule has 0 saturated carbocycles. The van der Waals surface area contributed by atoms with Gasteiger partial charge in [-0.2, -0.15) is 18.4 Å². The number of guanidine groups is 1. The van der Waals surface area contributed by atoms with Crippen LogP contribution < -0.4 is 16.4 Å². The molecule has 0 atom stereocenters. The molecule has 1 saturated heterocycles. The van der Waals surface area contributed by atoms with Crippen LogP contribution in [0.2, 0.25) is 0 Å². The normalized spacial score (nSPS) is 15.5. The van der Waals surface area contributed by atoms with Gasteiger partial charge in [0, 0.05) is 49.3 Å². The Hall–Kier alpha value is -3.78. The number of morpholine rings is 1. The van der Waals surface area contributed by atoms with Crippen molar-refractivity contribution in [2.24, 2.45) is 10.7 Å². The summed E-state index contributed by atoms with van der Waals surface area (Å²) in [6.07, 6.45) is -0.0139. The van der Waals surface area contributed by atoms with E-state index in [1.165, 1.54) is 13.1 Å². The number of pyridine rings is 1. The van der Waals surface area contributed by atoms with Crippen molar-refractivity contribution in [1.29, 1.82) is 5.26 Å². The summed E-state index contributed by atoms with van der Waals surface area (Å²) in [4.78, 5) is 10.5. The number of hydrogen-bond donors (Lipinski definition) is 3. The molecule has 2 heterocycles. The number of anilines is 1. The predicted octanol–water partition coefficient (Wildman–Crippen LogP) is 3.41. The third-order valence-corrected chi connectivity index (χ3v) is 4.65. The van der Waals surface area contributed by atoms with Crippen molar-refractivity contribution in [2.75, 3.05) is 38.2 Å². The molecule has 0 spiro atoms. The smallest absolute Gasteiger partial charge is 0.388 e. The number of nitriles is 1. The van der Waals surface area contributed by atoms with Crippen molar-refractivity contribution in [3.63, 3.8) is 0 Å². The predicted molar refractivity (Wildman–Crippen MR) is 125 cm³/mol. The molecule has 1 aromatic rings. The van der Waals surface area contributed by atoms with Crippen molar-refractivity contribution >= 4 is 11.8 Å². The summed E-state index contributed by atoms with van der Waals surface area (Å²) in [5.41, 5.74) is 7.00. The van der Waals surface area contributed by atoms with E-state index in [4.69, 9.17) is 15.7 Å². The average molecular weight is 476 g/mol. The largest absolute Gasteiger partial charge is 0.415 e. The van der Waals surface area contributed by atoms with Gasteiger partial charge in [0.25, 0.3) is 0 Å². The van der Waals surface area contributed by atoms with Gasteiger partial charge >= 0.3 is 6.18 Å². The van der Waals surface area contributed by atoms with Crippen LogP contribution in [0.25, 0.3) is 0 Å². The van der Waals surface area contributed by atoms with Crippen LogP contribution in [0.4, 0.5) is 19.0 Å². The molecule has 1 fully saturated rings. The molecule has 182 valence electrons. The second kappa shape index (κ2) is 12.5. The lowest BCUT2D eigenvalue weighted by atomic mass is 10.2. The van der Waals surface area contributed by atoms with Crippen LogP contribution in [0.1, 0.15) is 18.9 Å². The number of allylic oxidation sites excluding steroid dienone is 4. The van der Waals surface area contributed by atoms with E-state index < -0.39 is 11.7 Å². The number of aliphatic imine (C=N–C) groups is 1. The Bertz CT molecular complexity index is 1020. The Morgan fingerprint density at radius 1 is 1.35 bits per heavy atom. The molecule has 8 nitrogen and oxygen atoms in total. The van der Waals surface area contributed by atoms with Gasteiger partial charge in [-0.1, -0.05) is 13.2 Å². The molecule has 1 aliphatic heterocycles. The highest BCUT2D eigenvalue weighted by atomic mass is 19.4. The first-order valence-electron chi connectivity index (χ1n) is 10.5. The Balaban J connectivity index is 2.13. The van der Waals surface area contributed by atoms with Gasteiger partial charge in [-0.25, -0.2) is 9.98 Å². The van der Waals surface area contributed by atoms with Crippen molar-refractivity contribution < 1.29 is 17.9 Å². The molecule has 4 N–H and O–H groups in total. The second-order valence-corrected chi connectivity index (χ2v) is 7.42. The fourth-order valence-electron chi connectivity index (χ4n) is 2.92. The Labute approximate surface area is 197 Å². The molecular formula is C23H28F3N7O. The highest BCUT2D eigenvalue weighted by molar-refractivity contribution is 5.79. The number of rotatable bonds is 9. The minimum atomic E-state index is -4.48. The van der Waals surface area contributed by atoms with Gasteiger partial charge in [-0.3, -0.25) is 0 Å². The SMILES string of the molecule is C=C(/C=C(CCN/C(C)=C\C(=C)C(F)(F)F)\N=C(/N)N1CCOCC1)Nc1cc(C#N)ccn1. The van der Waals surface area contributed by atoms with E-state index in [0.29, 0.717) is 73.7 Å². The van der Waals surface area contributed by atoms with E-state index in [-0.39, 0.29) is 0 Å². The Morgan fingerprint density at radius 2 is 2.06 bits per heavy atom. The summed E-state index contributed by atoms with van der Waals surface area (Å²) < 4.78 is 43.4. The van der Waals surface area contributed by atoms with Gasteiger partial charge in [0.2, 0.25) is 0 Å². The zero-order chi connectivity index (χ0) is 25.1. The van der Waals surface area contributed by atoms with E-state index >= 15 is 0 Å². The van der Waals surface area contributed by atoms with Crippen LogP contribution in [-0.4, -0.2) is 54.9 Å². The van der Waals surface area contributed by atoms with Crippen LogP contribution in [0.3, 0.4) is 0 Å². The fourth-order valence-corrected chi connectivity index (χ4v) is 2.92. The van der Waals surface area contributed by atoms with Gasteiger partial charge in [-0.05, 0) is 31.2 Å². The first-order chi connectivity index (χ1) is 16.1. The number of halogens is 3. The van der Waals surface area contributed by atoms with Gasteiger partial charge in [-0.15, -0.1) is 0 Å². The highest BCUT2D eigenvalue weighted by Crippen LogP contribution is 2.25. The summed E-state index contributed by atoms with van der Waals surface area (Å²) in [6, 6.07) is 5.19. The third kappa shape index (κ3) is 8.99. The Morgan fingerprint density at radius 3 is 2.71 bits per heavy atom. The summed E-state index contributed by atoms with van der Waals surface area (Å²) in [6.45, 7) is 11.1. The highest BCUT2D eigenvalue weighted by Gasteiger charge is 2.30. The minimum absolute atomic E-state index is 0.300. The van der Waals surface area contributed by atoms with Crippen LogP contribution in [0.15, 0.2) is 71.3 Å². The van der Waals surface area contributed by atoms with E-state index in [9.17, 15) is 13.2 Å². The quantitative estimate of drug-likeness (QED) is 0.285. The first-order valence-corrected chi connectivity index (χ1v) is 10.5. The molecule has 0 aromatic carbocycles. The maximum absolute atomic E-state index is 12.7. The van der Waals surface area contributed by atoms with Crippen molar-refractivity contribution in [2.45, 2.75) is 19.5 Å². The minimum Gasteiger partial charge on any atom is -0.388 e. The molecule has 0 bridgehead atoms.